The van der Waals surface area contributed by atoms with Crippen LogP contribution < -0.4 is 5.32 Å². The van der Waals surface area contributed by atoms with Crippen LogP contribution in [0.4, 0.5) is 5.69 Å². The average Bonchev–Trinajstić information content (AvgIpc) is 2.90. The maximum Gasteiger partial charge on any atom is 0.194 e. The zero-order valence-electron chi connectivity index (χ0n) is 10.3. The molecule has 0 amide bonds. The van der Waals surface area contributed by atoms with Crippen molar-refractivity contribution in [3.63, 3.8) is 0 Å². The number of nitrogens with one attached hydrogen (secondary N) is 1. The highest BCUT2D eigenvalue weighted by Crippen LogP contribution is 2.18. The summed E-state index contributed by atoms with van der Waals surface area (Å²) in [7, 11) is 0. The van der Waals surface area contributed by atoms with Crippen molar-refractivity contribution in [2.24, 2.45) is 0 Å². The number of pyridine rings is 1. The zero-order valence-corrected chi connectivity index (χ0v) is 11.2. The molecule has 3 aromatic rings. The van der Waals surface area contributed by atoms with E-state index in [9.17, 15) is 0 Å². The molecule has 0 unspecified atom stereocenters. The van der Waals surface area contributed by atoms with Crippen LogP contribution in [0.1, 0.15) is 17.1 Å². The Morgan fingerprint density at radius 3 is 3.00 bits per heavy atom. The summed E-state index contributed by atoms with van der Waals surface area (Å²) in [5, 5.41) is 5.43. The Labute approximate surface area is 109 Å². The van der Waals surface area contributed by atoms with Crippen molar-refractivity contribution in [3.05, 3.63) is 47.0 Å². The van der Waals surface area contributed by atoms with Crippen molar-refractivity contribution in [3.8, 4) is 0 Å². The second-order valence-corrected chi connectivity index (χ2v) is 5.11. The van der Waals surface area contributed by atoms with E-state index in [1.165, 1.54) is 5.69 Å². The number of rotatable bonds is 3. The van der Waals surface area contributed by atoms with Gasteiger partial charge >= 0.3 is 0 Å². The van der Waals surface area contributed by atoms with Gasteiger partial charge in [0, 0.05) is 17.3 Å². The lowest BCUT2D eigenvalue weighted by Gasteiger charge is -2.06. The number of thiazole rings is 1. The van der Waals surface area contributed by atoms with E-state index in [1.807, 2.05) is 32.2 Å². The fraction of sp³-hybridized carbons (Fsp3) is 0.231. The molecule has 0 saturated heterocycles. The molecule has 0 aromatic carbocycles. The molecule has 3 heterocycles. The van der Waals surface area contributed by atoms with Crippen LogP contribution in [0.3, 0.4) is 0 Å². The van der Waals surface area contributed by atoms with Gasteiger partial charge in [0.1, 0.15) is 0 Å². The van der Waals surface area contributed by atoms with Crippen molar-refractivity contribution in [1.82, 2.24) is 14.4 Å². The highest BCUT2D eigenvalue weighted by atomic mass is 32.1. The van der Waals surface area contributed by atoms with Gasteiger partial charge in [0.05, 0.1) is 29.8 Å². The maximum atomic E-state index is 4.53. The first-order valence-corrected chi connectivity index (χ1v) is 6.69. The topological polar surface area (TPSA) is 42.2 Å². The Kier molecular flexibility index (Phi) is 2.76. The van der Waals surface area contributed by atoms with Crippen molar-refractivity contribution in [2.45, 2.75) is 20.4 Å². The van der Waals surface area contributed by atoms with Crippen LogP contribution in [-0.2, 0) is 6.54 Å². The molecule has 0 fully saturated rings. The Morgan fingerprint density at radius 2 is 2.22 bits per heavy atom. The van der Waals surface area contributed by atoms with E-state index in [0.29, 0.717) is 0 Å². The summed E-state index contributed by atoms with van der Waals surface area (Å²) in [4.78, 5) is 9.84. The number of hydrogen-bond donors (Lipinski definition) is 1. The normalized spacial score (nSPS) is 11.0. The van der Waals surface area contributed by atoms with Gasteiger partial charge in [0.25, 0.3) is 0 Å². The zero-order chi connectivity index (χ0) is 12.5. The van der Waals surface area contributed by atoms with Crippen LogP contribution in [0, 0.1) is 13.8 Å². The summed E-state index contributed by atoms with van der Waals surface area (Å²) in [6.07, 6.45) is 3.92. The first kappa shape index (κ1) is 11.2. The minimum Gasteiger partial charge on any atom is -0.378 e. The number of imidazole rings is 1. The molecule has 0 aliphatic carbocycles. The first-order valence-electron chi connectivity index (χ1n) is 5.81. The van der Waals surface area contributed by atoms with E-state index in [2.05, 4.69) is 31.3 Å². The molecule has 0 aliphatic rings. The Balaban J connectivity index is 1.82. The monoisotopic (exact) mass is 258 g/mol. The predicted molar refractivity (Wildman–Crippen MR) is 74.1 cm³/mol. The Hall–Kier alpha value is -1.88. The van der Waals surface area contributed by atoms with E-state index in [0.717, 1.165) is 28.6 Å². The molecule has 0 atom stereocenters. The number of aromatic nitrogens is 3. The van der Waals surface area contributed by atoms with E-state index < -0.39 is 0 Å². The minimum atomic E-state index is 0.758. The van der Waals surface area contributed by atoms with Crippen LogP contribution >= 0.6 is 11.3 Å². The standard InChI is InChI=1S/C13H14N4S/c1-9-3-4-11(7-14-9)15-8-12-10(2)16-13-17(12)5-6-18-13/h3-7,15H,8H2,1-2H3. The van der Waals surface area contributed by atoms with Gasteiger partial charge in [-0.2, -0.15) is 0 Å². The molecule has 92 valence electrons. The third kappa shape index (κ3) is 1.97. The lowest BCUT2D eigenvalue weighted by atomic mass is 10.3. The van der Waals surface area contributed by atoms with Crippen LogP contribution in [-0.4, -0.2) is 14.4 Å². The SMILES string of the molecule is Cc1ccc(NCc2c(C)nc3sccn23)cn1. The Bertz CT molecular complexity index is 666. The van der Waals surface area contributed by atoms with Crippen LogP contribution in [0.5, 0.6) is 0 Å². The number of anilines is 1. The van der Waals surface area contributed by atoms with Gasteiger partial charge in [-0.05, 0) is 26.0 Å². The van der Waals surface area contributed by atoms with Crippen molar-refractivity contribution in [2.75, 3.05) is 5.32 Å². The largest absolute Gasteiger partial charge is 0.378 e. The van der Waals surface area contributed by atoms with Crippen LogP contribution in [0.2, 0.25) is 0 Å². The maximum absolute atomic E-state index is 4.53. The highest BCUT2D eigenvalue weighted by molar-refractivity contribution is 7.15. The third-order valence-electron chi connectivity index (χ3n) is 2.93. The fourth-order valence-electron chi connectivity index (χ4n) is 1.91. The average molecular weight is 258 g/mol. The minimum absolute atomic E-state index is 0.758. The summed E-state index contributed by atoms with van der Waals surface area (Å²) in [6.45, 7) is 4.79. The van der Waals surface area contributed by atoms with Gasteiger partial charge in [-0.1, -0.05) is 0 Å². The van der Waals surface area contributed by atoms with Crippen LogP contribution in [0.25, 0.3) is 4.96 Å². The molecule has 0 spiro atoms. The van der Waals surface area contributed by atoms with Gasteiger partial charge in [0.2, 0.25) is 0 Å². The highest BCUT2D eigenvalue weighted by Gasteiger charge is 2.08. The number of fused-ring (bicyclic) bond motifs is 1. The summed E-state index contributed by atoms with van der Waals surface area (Å²) in [5.74, 6) is 0. The van der Waals surface area contributed by atoms with Gasteiger partial charge in [-0.3, -0.25) is 9.38 Å². The molecular formula is C13H14N4S. The summed E-state index contributed by atoms with van der Waals surface area (Å²) in [6, 6.07) is 4.05. The quantitative estimate of drug-likeness (QED) is 0.785. The Morgan fingerprint density at radius 1 is 1.33 bits per heavy atom. The molecule has 0 radical (unpaired) electrons. The first-order chi connectivity index (χ1) is 8.74. The second kappa shape index (κ2) is 4.42. The lowest BCUT2D eigenvalue weighted by molar-refractivity contribution is 0.991. The van der Waals surface area contributed by atoms with Gasteiger partial charge in [-0.15, -0.1) is 11.3 Å². The van der Waals surface area contributed by atoms with Gasteiger partial charge in [-0.25, -0.2) is 4.98 Å². The molecule has 18 heavy (non-hydrogen) atoms. The van der Waals surface area contributed by atoms with E-state index in [-0.39, 0.29) is 0 Å². The van der Waals surface area contributed by atoms with Crippen molar-refractivity contribution in [1.29, 1.82) is 0 Å². The van der Waals surface area contributed by atoms with E-state index >= 15 is 0 Å². The van der Waals surface area contributed by atoms with Crippen molar-refractivity contribution >= 4 is 22.0 Å². The smallest absolute Gasteiger partial charge is 0.194 e. The molecule has 3 aromatic heterocycles. The molecule has 1 N–H and O–H groups in total. The number of hydrogen-bond acceptors (Lipinski definition) is 4. The second-order valence-electron chi connectivity index (χ2n) is 4.24. The fourth-order valence-corrected chi connectivity index (χ4v) is 2.69. The molecule has 5 heteroatoms. The molecule has 4 nitrogen and oxygen atoms in total. The summed E-state index contributed by atoms with van der Waals surface area (Å²) >= 11 is 1.66. The number of aryl methyl sites for hydroxylation is 2. The molecule has 3 rings (SSSR count). The van der Waals surface area contributed by atoms with E-state index in [1.54, 1.807) is 11.3 Å². The molecule has 0 bridgehead atoms. The summed E-state index contributed by atoms with van der Waals surface area (Å²) < 4.78 is 2.13. The van der Waals surface area contributed by atoms with Gasteiger partial charge in [0.15, 0.2) is 4.96 Å². The van der Waals surface area contributed by atoms with E-state index in [4.69, 9.17) is 0 Å². The lowest BCUT2D eigenvalue weighted by Crippen LogP contribution is -2.03. The molecule has 0 saturated carbocycles. The molecular weight excluding hydrogens is 244 g/mol. The van der Waals surface area contributed by atoms with Crippen LogP contribution in [0.15, 0.2) is 29.9 Å². The number of nitrogens with zero attached hydrogens (tertiary/aromatic N) is 3. The van der Waals surface area contributed by atoms with Gasteiger partial charge < -0.3 is 5.32 Å². The molecule has 0 aliphatic heterocycles. The van der Waals surface area contributed by atoms with Crippen molar-refractivity contribution < 1.29 is 0 Å². The predicted octanol–water partition coefficient (Wildman–Crippen LogP) is 3.02. The third-order valence-corrected chi connectivity index (χ3v) is 3.69. The summed E-state index contributed by atoms with van der Waals surface area (Å²) in [5.41, 5.74) is 4.34.